The molecule has 0 aliphatic heterocycles. The maximum Gasteiger partial charge on any atom is 0.215 e. The Bertz CT molecular complexity index is 721. The molecule has 1 N–H and O–H groups in total. The first-order valence-corrected chi connectivity index (χ1v) is 8.40. The van der Waals surface area contributed by atoms with Crippen molar-refractivity contribution in [1.82, 2.24) is 18.9 Å². The zero-order valence-electron chi connectivity index (χ0n) is 12.7. The third-order valence-electron chi connectivity index (χ3n) is 3.21. The number of nitrogens with zero attached hydrogens (tertiary/aromatic N) is 4. The number of hydrogen-bond donors (Lipinski definition) is 1. The van der Waals surface area contributed by atoms with Crippen LogP contribution in [0.4, 0.5) is 5.82 Å². The van der Waals surface area contributed by atoms with Gasteiger partial charge in [0.05, 0.1) is 11.4 Å². The van der Waals surface area contributed by atoms with Gasteiger partial charge in [-0.3, -0.25) is 0 Å². The van der Waals surface area contributed by atoms with Gasteiger partial charge in [-0.25, -0.2) is 22.2 Å². The van der Waals surface area contributed by atoms with E-state index in [1.807, 2.05) is 6.07 Å². The van der Waals surface area contributed by atoms with Crippen LogP contribution in [-0.4, -0.2) is 53.7 Å². The van der Waals surface area contributed by atoms with Crippen molar-refractivity contribution in [3.63, 3.8) is 0 Å². The van der Waals surface area contributed by atoms with Gasteiger partial charge in [0, 0.05) is 33.0 Å². The second-order valence-corrected chi connectivity index (χ2v) is 7.66. The highest BCUT2D eigenvalue weighted by molar-refractivity contribution is 7.89. The quantitative estimate of drug-likeness (QED) is 0.866. The second-order valence-electron chi connectivity index (χ2n) is 5.35. The van der Waals surface area contributed by atoms with E-state index in [9.17, 15) is 8.42 Å². The molecule has 116 valence electrons. The molecule has 0 saturated heterocycles. The van der Waals surface area contributed by atoms with Gasteiger partial charge in [-0.05, 0) is 12.0 Å². The first kappa shape index (κ1) is 15.7. The van der Waals surface area contributed by atoms with E-state index in [0.29, 0.717) is 18.3 Å². The van der Waals surface area contributed by atoms with Gasteiger partial charge in [-0.1, -0.05) is 13.8 Å². The fourth-order valence-electron chi connectivity index (χ4n) is 1.84. The van der Waals surface area contributed by atoms with E-state index in [1.165, 1.54) is 18.4 Å². The van der Waals surface area contributed by atoms with Crippen LogP contribution in [0, 0.1) is 0 Å². The van der Waals surface area contributed by atoms with Gasteiger partial charge in [-0.2, -0.15) is 5.10 Å². The summed E-state index contributed by atoms with van der Waals surface area (Å²) in [6, 6.07) is 1.97. The Labute approximate surface area is 125 Å². The Hall–Kier alpha value is -1.67. The lowest BCUT2D eigenvalue weighted by Gasteiger charge is -2.12. The van der Waals surface area contributed by atoms with Crippen molar-refractivity contribution < 1.29 is 8.42 Å². The summed E-state index contributed by atoms with van der Waals surface area (Å²) in [7, 11) is -0.153. The molecular formula is C13H21N5O2S. The van der Waals surface area contributed by atoms with E-state index in [4.69, 9.17) is 0 Å². The average Bonchev–Trinajstić information content (AvgIpc) is 2.83. The van der Waals surface area contributed by atoms with E-state index in [-0.39, 0.29) is 5.75 Å². The molecule has 0 aliphatic rings. The fraction of sp³-hybridized carbons (Fsp3) is 0.538. The maximum atomic E-state index is 11.7. The van der Waals surface area contributed by atoms with Gasteiger partial charge in [0.15, 0.2) is 5.82 Å². The second kappa shape index (κ2) is 5.98. The van der Waals surface area contributed by atoms with Crippen LogP contribution in [0.3, 0.4) is 0 Å². The lowest BCUT2D eigenvalue weighted by atomic mass is 10.1. The molecule has 7 nitrogen and oxygen atoms in total. The minimum absolute atomic E-state index is 0.0217. The Morgan fingerprint density at radius 1 is 1.38 bits per heavy atom. The van der Waals surface area contributed by atoms with Crippen LogP contribution in [0.2, 0.25) is 0 Å². The molecule has 0 atom stereocenters. The van der Waals surface area contributed by atoms with Crippen molar-refractivity contribution in [2.75, 3.05) is 31.7 Å². The van der Waals surface area contributed by atoms with Crippen LogP contribution in [0.1, 0.15) is 25.5 Å². The van der Waals surface area contributed by atoms with E-state index < -0.39 is 10.0 Å². The zero-order chi connectivity index (χ0) is 15.6. The molecule has 2 rings (SSSR count). The Morgan fingerprint density at radius 2 is 2.10 bits per heavy atom. The summed E-state index contributed by atoms with van der Waals surface area (Å²) in [5.41, 5.74) is 1.83. The number of rotatable bonds is 6. The zero-order valence-corrected chi connectivity index (χ0v) is 13.6. The third kappa shape index (κ3) is 3.51. The maximum absolute atomic E-state index is 11.7. The summed E-state index contributed by atoms with van der Waals surface area (Å²) in [5, 5.41) is 7.54. The van der Waals surface area contributed by atoms with Crippen LogP contribution in [0.15, 0.2) is 18.5 Å². The van der Waals surface area contributed by atoms with E-state index in [0.717, 1.165) is 11.2 Å². The Kier molecular flexibility index (Phi) is 4.48. The molecule has 0 fully saturated rings. The number of anilines is 1. The standard InChI is InChI=1S/C13H21N5O2S/c1-10(2)11-9-12-13(14-5-7-18(12)16-11)15-6-8-21(19,20)17(3)4/h5,7,9-10H,6,8H2,1-4H3,(H,14,15). The normalized spacial score (nSPS) is 12.5. The molecule has 0 unspecified atom stereocenters. The summed E-state index contributed by atoms with van der Waals surface area (Å²) in [6.07, 6.45) is 3.43. The van der Waals surface area contributed by atoms with Crippen molar-refractivity contribution in [3.8, 4) is 0 Å². The number of sulfonamides is 1. The average molecular weight is 311 g/mol. The summed E-state index contributed by atoms with van der Waals surface area (Å²) in [6.45, 7) is 4.45. The predicted octanol–water partition coefficient (Wildman–Crippen LogP) is 1.16. The van der Waals surface area contributed by atoms with E-state index in [2.05, 4.69) is 29.2 Å². The van der Waals surface area contributed by atoms with E-state index in [1.54, 1.807) is 16.9 Å². The molecule has 0 saturated carbocycles. The van der Waals surface area contributed by atoms with Crippen molar-refractivity contribution in [2.24, 2.45) is 0 Å². The Morgan fingerprint density at radius 3 is 2.71 bits per heavy atom. The molecule has 0 aliphatic carbocycles. The molecule has 0 radical (unpaired) electrons. The molecule has 2 aromatic rings. The van der Waals surface area contributed by atoms with Crippen molar-refractivity contribution in [3.05, 3.63) is 24.2 Å². The van der Waals surface area contributed by atoms with Crippen molar-refractivity contribution in [2.45, 2.75) is 19.8 Å². The van der Waals surface area contributed by atoms with Gasteiger partial charge in [-0.15, -0.1) is 0 Å². The number of fused-ring (bicyclic) bond motifs is 1. The third-order valence-corrected chi connectivity index (χ3v) is 5.04. The lowest BCUT2D eigenvalue weighted by molar-refractivity contribution is 0.521. The highest BCUT2D eigenvalue weighted by atomic mass is 32.2. The van der Waals surface area contributed by atoms with Crippen LogP contribution in [0.5, 0.6) is 0 Å². The molecular weight excluding hydrogens is 290 g/mol. The summed E-state index contributed by atoms with van der Waals surface area (Å²) >= 11 is 0. The van der Waals surface area contributed by atoms with E-state index >= 15 is 0 Å². The van der Waals surface area contributed by atoms with Gasteiger partial charge < -0.3 is 5.32 Å². The molecule has 2 heterocycles. The topological polar surface area (TPSA) is 79.6 Å². The molecule has 0 bridgehead atoms. The summed E-state index contributed by atoms with van der Waals surface area (Å²) < 4.78 is 26.4. The Balaban J connectivity index is 2.16. The van der Waals surface area contributed by atoms with Gasteiger partial charge in [0.2, 0.25) is 10.0 Å². The lowest BCUT2D eigenvalue weighted by Crippen LogP contribution is -2.28. The summed E-state index contributed by atoms with van der Waals surface area (Å²) in [4.78, 5) is 4.26. The molecule has 0 spiro atoms. The largest absolute Gasteiger partial charge is 0.367 e. The first-order chi connectivity index (χ1) is 9.81. The highest BCUT2D eigenvalue weighted by Crippen LogP contribution is 2.19. The predicted molar refractivity (Wildman–Crippen MR) is 83.0 cm³/mol. The molecule has 21 heavy (non-hydrogen) atoms. The minimum atomic E-state index is -3.21. The smallest absolute Gasteiger partial charge is 0.215 e. The SMILES string of the molecule is CC(C)c1cc2c(NCCS(=O)(=O)N(C)C)nccn2n1. The van der Waals surface area contributed by atoms with Gasteiger partial charge in [0.25, 0.3) is 0 Å². The first-order valence-electron chi connectivity index (χ1n) is 6.79. The van der Waals surface area contributed by atoms with Gasteiger partial charge in [0.1, 0.15) is 5.52 Å². The summed E-state index contributed by atoms with van der Waals surface area (Å²) in [5.74, 6) is 0.992. The van der Waals surface area contributed by atoms with Crippen molar-refractivity contribution >= 4 is 21.4 Å². The fourth-order valence-corrected chi connectivity index (χ4v) is 2.57. The molecule has 0 aromatic carbocycles. The molecule has 8 heteroatoms. The highest BCUT2D eigenvalue weighted by Gasteiger charge is 2.14. The van der Waals surface area contributed by atoms with Gasteiger partial charge >= 0.3 is 0 Å². The number of hydrogen-bond acceptors (Lipinski definition) is 5. The number of nitrogens with one attached hydrogen (secondary N) is 1. The number of aromatic nitrogens is 3. The minimum Gasteiger partial charge on any atom is -0.367 e. The van der Waals surface area contributed by atoms with Crippen LogP contribution in [-0.2, 0) is 10.0 Å². The van der Waals surface area contributed by atoms with Crippen LogP contribution >= 0.6 is 0 Å². The molecule has 2 aromatic heterocycles. The van der Waals surface area contributed by atoms with Crippen molar-refractivity contribution in [1.29, 1.82) is 0 Å². The van der Waals surface area contributed by atoms with Crippen LogP contribution in [0.25, 0.3) is 5.52 Å². The monoisotopic (exact) mass is 311 g/mol. The molecule has 0 amide bonds. The van der Waals surface area contributed by atoms with Crippen LogP contribution < -0.4 is 5.32 Å².